The van der Waals surface area contributed by atoms with Crippen LogP contribution in [0.15, 0.2) is 90.1 Å². The van der Waals surface area contributed by atoms with Crippen LogP contribution in [0.25, 0.3) is 11.6 Å². The zero-order valence-corrected chi connectivity index (χ0v) is 23.7. The van der Waals surface area contributed by atoms with E-state index in [1.807, 2.05) is 66.7 Å². The van der Waals surface area contributed by atoms with E-state index in [2.05, 4.69) is 4.98 Å². The van der Waals surface area contributed by atoms with Gasteiger partial charge in [0, 0.05) is 12.1 Å². The number of imide groups is 3. The van der Waals surface area contributed by atoms with Crippen molar-refractivity contribution in [2.75, 3.05) is 20.3 Å². The lowest BCUT2D eigenvalue weighted by Gasteiger charge is -2.31. The molecule has 9 heteroatoms. The van der Waals surface area contributed by atoms with Crippen molar-refractivity contribution in [2.24, 2.45) is 17.8 Å². The normalized spacial score (nSPS) is 23.3. The molecule has 0 spiro atoms. The second-order valence-electron chi connectivity index (χ2n) is 10.9. The fraction of sp³-hybridized carbons (Fsp3) is 0.294. The Labute approximate surface area is 249 Å². The van der Waals surface area contributed by atoms with Gasteiger partial charge in [0.2, 0.25) is 11.8 Å². The molecule has 0 radical (unpaired) electrons. The molecular formula is C34H32N2O7. The van der Waals surface area contributed by atoms with Gasteiger partial charge in [-0.25, -0.2) is 4.79 Å². The number of amides is 3. The summed E-state index contributed by atoms with van der Waals surface area (Å²) in [5.74, 6) is -1.87. The number of rotatable bonds is 8. The molecule has 220 valence electrons. The molecule has 0 bridgehead atoms. The number of aromatic hydroxyl groups is 1. The lowest BCUT2D eigenvalue weighted by atomic mass is 9.69. The van der Waals surface area contributed by atoms with E-state index >= 15 is 0 Å². The Morgan fingerprint density at radius 3 is 2.51 bits per heavy atom. The van der Waals surface area contributed by atoms with Crippen LogP contribution in [-0.2, 0) is 19.1 Å². The Balaban J connectivity index is 1.31. The molecule has 2 fully saturated rings. The van der Waals surface area contributed by atoms with Crippen molar-refractivity contribution >= 4 is 29.6 Å². The number of benzene rings is 2. The number of hydrogen-bond acceptors (Lipinski definition) is 8. The van der Waals surface area contributed by atoms with Crippen molar-refractivity contribution in [2.45, 2.75) is 25.4 Å². The van der Waals surface area contributed by atoms with Gasteiger partial charge in [0.15, 0.2) is 0 Å². The van der Waals surface area contributed by atoms with Crippen molar-refractivity contribution in [1.29, 1.82) is 0 Å². The monoisotopic (exact) mass is 580 g/mol. The summed E-state index contributed by atoms with van der Waals surface area (Å²) < 4.78 is 17.2. The Morgan fingerprint density at radius 1 is 1.02 bits per heavy atom. The number of ether oxygens (including phenoxy) is 3. The number of hydrogen-bond donors (Lipinski definition) is 1. The third kappa shape index (κ3) is 5.68. The van der Waals surface area contributed by atoms with Crippen LogP contribution in [0, 0.1) is 17.8 Å². The number of phenols is 1. The first kappa shape index (κ1) is 28.4. The fourth-order valence-electron chi connectivity index (χ4n) is 6.45. The number of allylic oxidation sites excluding steroid dienone is 1. The molecule has 9 nitrogen and oxygen atoms in total. The molecule has 2 aliphatic heterocycles. The Hall–Kier alpha value is -4.76. The third-order valence-corrected chi connectivity index (χ3v) is 8.43. The molecule has 1 aliphatic carbocycles. The van der Waals surface area contributed by atoms with Gasteiger partial charge in [0.1, 0.15) is 18.1 Å². The number of para-hydroxylation sites is 1. The highest BCUT2D eigenvalue weighted by atomic mass is 16.5. The standard InChI is InChI=1S/C34H32N2O7/c1-41-34(40)36-32(38)26-18-23(19-42-25-7-3-2-4-8-25)30-27(31(26)33(36)39)20-43-29(30)15-12-22(28-9-5-6-16-35-28)17-21-10-13-24(37)14-11-21/h2-11,13-14,16-17,26-27,29,31,37H,12,15,18-20H2,1H3/b22-17-/t26-,27+,29-,31-/m1/s1. The average molecular weight is 581 g/mol. The molecule has 1 N–H and O–H groups in total. The first-order chi connectivity index (χ1) is 20.9. The predicted molar refractivity (Wildman–Crippen MR) is 157 cm³/mol. The van der Waals surface area contributed by atoms with Crippen LogP contribution in [0.5, 0.6) is 11.5 Å². The van der Waals surface area contributed by atoms with Gasteiger partial charge in [0.05, 0.1) is 37.4 Å². The van der Waals surface area contributed by atoms with Crippen LogP contribution in [0.2, 0.25) is 0 Å². The van der Waals surface area contributed by atoms with Crippen molar-refractivity contribution in [3.63, 3.8) is 0 Å². The highest BCUT2D eigenvalue weighted by Crippen LogP contribution is 2.50. The predicted octanol–water partition coefficient (Wildman–Crippen LogP) is 5.27. The van der Waals surface area contributed by atoms with E-state index < -0.39 is 29.7 Å². The summed E-state index contributed by atoms with van der Waals surface area (Å²) in [6.07, 6.45) is 4.08. The first-order valence-electron chi connectivity index (χ1n) is 14.3. The highest BCUT2D eigenvalue weighted by Gasteiger charge is 2.59. The minimum atomic E-state index is -0.956. The van der Waals surface area contributed by atoms with Crippen LogP contribution in [-0.4, -0.2) is 59.3 Å². The number of likely N-dealkylation sites (tertiary alicyclic amines) is 1. The van der Waals surface area contributed by atoms with Gasteiger partial charge in [-0.2, -0.15) is 4.90 Å². The van der Waals surface area contributed by atoms with Crippen molar-refractivity contribution < 1.29 is 33.7 Å². The van der Waals surface area contributed by atoms with E-state index in [1.54, 1.807) is 18.3 Å². The van der Waals surface area contributed by atoms with Crippen LogP contribution in [0.1, 0.15) is 30.5 Å². The first-order valence-corrected chi connectivity index (χ1v) is 14.3. The molecule has 43 heavy (non-hydrogen) atoms. The molecule has 3 amide bonds. The number of carbonyl (C=O) groups excluding carboxylic acids is 3. The summed E-state index contributed by atoms with van der Waals surface area (Å²) >= 11 is 0. The summed E-state index contributed by atoms with van der Waals surface area (Å²) in [7, 11) is 1.16. The summed E-state index contributed by atoms with van der Waals surface area (Å²) in [5.41, 5.74) is 4.67. The van der Waals surface area contributed by atoms with Gasteiger partial charge in [0.25, 0.3) is 0 Å². The van der Waals surface area contributed by atoms with E-state index in [4.69, 9.17) is 14.2 Å². The van der Waals surface area contributed by atoms with Gasteiger partial charge >= 0.3 is 6.09 Å². The van der Waals surface area contributed by atoms with Crippen molar-refractivity contribution in [3.8, 4) is 11.5 Å². The van der Waals surface area contributed by atoms with Crippen molar-refractivity contribution in [3.05, 3.63) is 101 Å². The van der Waals surface area contributed by atoms with E-state index in [9.17, 15) is 19.5 Å². The van der Waals surface area contributed by atoms with Crippen LogP contribution in [0.4, 0.5) is 4.79 Å². The SMILES string of the molecule is COC(=O)N1C(=O)[C@@H]2[C@@H](CC(COc3ccccc3)=C3[C@@H](CC/C(=C/c4ccc(O)cc4)c4ccccn4)OC[C@@H]32)C1=O. The maximum Gasteiger partial charge on any atom is 0.423 e. The number of pyridine rings is 1. The molecule has 0 unspecified atom stereocenters. The van der Waals surface area contributed by atoms with Gasteiger partial charge in [-0.1, -0.05) is 36.4 Å². The van der Waals surface area contributed by atoms with Gasteiger partial charge in [-0.05, 0) is 84.0 Å². The zero-order chi connectivity index (χ0) is 29.9. The van der Waals surface area contributed by atoms with E-state index in [0.29, 0.717) is 29.9 Å². The quantitative estimate of drug-likeness (QED) is 0.283. The lowest BCUT2D eigenvalue weighted by Crippen LogP contribution is -2.38. The number of phenolic OH excluding ortho intramolecular Hbond substituents is 1. The molecule has 2 saturated heterocycles. The summed E-state index contributed by atoms with van der Waals surface area (Å²) in [6, 6.07) is 22.2. The van der Waals surface area contributed by atoms with E-state index in [1.165, 1.54) is 0 Å². The third-order valence-electron chi connectivity index (χ3n) is 8.43. The molecule has 4 atom stereocenters. The summed E-state index contributed by atoms with van der Waals surface area (Å²) in [5, 5.41) is 9.73. The average Bonchev–Trinajstić information content (AvgIpc) is 3.57. The van der Waals surface area contributed by atoms with Gasteiger partial charge in [-0.3, -0.25) is 14.6 Å². The van der Waals surface area contributed by atoms with Gasteiger partial charge in [-0.15, -0.1) is 0 Å². The zero-order valence-electron chi connectivity index (χ0n) is 23.7. The van der Waals surface area contributed by atoms with E-state index in [0.717, 1.165) is 35.1 Å². The molecule has 1 aromatic heterocycles. The molecule has 3 heterocycles. The molecule has 6 rings (SSSR count). The summed E-state index contributed by atoms with van der Waals surface area (Å²) in [6.45, 7) is 0.514. The number of aromatic nitrogens is 1. The maximum absolute atomic E-state index is 13.4. The second-order valence-corrected chi connectivity index (χ2v) is 10.9. The number of fused-ring (bicyclic) bond motifs is 3. The Bertz CT molecular complexity index is 1570. The largest absolute Gasteiger partial charge is 0.508 e. The molecule has 3 aliphatic rings. The summed E-state index contributed by atoms with van der Waals surface area (Å²) in [4.78, 5) is 44.3. The number of nitrogens with zero attached hydrogens (tertiary/aromatic N) is 2. The number of methoxy groups -OCH3 is 1. The minimum Gasteiger partial charge on any atom is -0.508 e. The van der Waals surface area contributed by atoms with Crippen LogP contribution in [0.3, 0.4) is 0 Å². The maximum atomic E-state index is 13.4. The highest BCUT2D eigenvalue weighted by molar-refractivity contribution is 6.16. The molecule has 2 aromatic carbocycles. The smallest absolute Gasteiger partial charge is 0.423 e. The molecule has 0 saturated carbocycles. The van der Waals surface area contributed by atoms with Gasteiger partial charge < -0.3 is 19.3 Å². The Morgan fingerprint density at radius 2 is 1.79 bits per heavy atom. The minimum absolute atomic E-state index is 0.195. The van der Waals surface area contributed by atoms with Crippen LogP contribution >= 0.6 is 0 Å². The topological polar surface area (TPSA) is 115 Å². The second kappa shape index (κ2) is 12.2. The van der Waals surface area contributed by atoms with E-state index in [-0.39, 0.29) is 31.0 Å². The number of carbonyl (C=O) groups is 3. The fourth-order valence-corrected chi connectivity index (χ4v) is 6.45. The molecular weight excluding hydrogens is 548 g/mol. The molecule has 3 aromatic rings. The van der Waals surface area contributed by atoms with Crippen LogP contribution < -0.4 is 4.74 Å². The lowest BCUT2D eigenvalue weighted by molar-refractivity contribution is -0.137. The van der Waals surface area contributed by atoms with Crippen molar-refractivity contribution in [1.82, 2.24) is 9.88 Å². The Kier molecular flexibility index (Phi) is 8.07.